The molecule has 0 aliphatic rings. The summed E-state index contributed by atoms with van der Waals surface area (Å²) in [6.07, 6.45) is 14.5. The van der Waals surface area contributed by atoms with Gasteiger partial charge in [0.1, 0.15) is 0 Å². The van der Waals surface area contributed by atoms with Gasteiger partial charge in [0, 0.05) is 0 Å². The molecular formula is C28H54O4Sn. The van der Waals surface area contributed by atoms with Gasteiger partial charge >= 0.3 is 218 Å². The molecule has 0 amide bonds. The van der Waals surface area contributed by atoms with Crippen molar-refractivity contribution in [2.45, 2.75) is 145 Å². The van der Waals surface area contributed by atoms with Crippen LogP contribution in [0.4, 0.5) is 0 Å². The third kappa shape index (κ3) is 19.7. The molecule has 0 aliphatic carbocycles. The summed E-state index contributed by atoms with van der Waals surface area (Å²) in [5.74, 6) is -0.349. The van der Waals surface area contributed by atoms with Crippen LogP contribution in [0.2, 0.25) is 0 Å². The molecule has 0 fully saturated rings. The predicted molar refractivity (Wildman–Crippen MR) is 140 cm³/mol. The Morgan fingerprint density at radius 3 is 1.24 bits per heavy atom. The summed E-state index contributed by atoms with van der Waals surface area (Å²) in [7, 11) is 0. The first-order chi connectivity index (χ1) is 15.4. The molecule has 4 nitrogen and oxygen atoms in total. The first kappa shape index (κ1) is 32.7. The molecule has 2 radical (unpaired) electrons. The van der Waals surface area contributed by atoms with Crippen molar-refractivity contribution in [3.05, 3.63) is 0 Å². The van der Waals surface area contributed by atoms with Gasteiger partial charge in [-0.1, -0.05) is 0 Å². The average Bonchev–Trinajstić information content (AvgIpc) is 2.70. The van der Waals surface area contributed by atoms with Crippen LogP contribution in [0.5, 0.6) is 0 Å². The first-order valence-corrected chi connectivity index (χ1v) is 15.9. The Balaban J connectivity index is 4.52. The number of rotatable bonds is 18. The molecule has 194 valence electrons. The van der Waals surface area contributed by atoms with Gasteiger partial charge in [0.15, 0.2) is 0 Å². The molecule has 0 aromatic carbocycles. The van der Waals surface area contributed by atoms with Gasteiger partial charge in [0.25, 0.3) is 0 Å². The zero-order valence-corrected chi connectivity index (χ0v) is 26.0. The fourth-order valence-corrected chi connectivity index (χ4v) is 5.56. The van der Waals surface area contributed by atoms with Gasteiger partial charge in [0.05, 0.1) is 0 Å². The molecule has 0 spiro atoms. The summed E-state index contributed by atoms with van der Waals surface area (Å²) in [6.45, 7) is 17.9. The summed E-state index contributed by atoms with van der Waals surface area (Å²) in [5, 5.41) is 0. The second-order valence-corrected chi connectivity index (χ2v) is 13.9. The molecule has 2 unspecified atom stereocenters. The third-order valence-electron chi connectivity index (χ3n) is 6.22. The average molecular weight is 573 g/mol. The van der Waals surface area contributed by atoms with Crippen molar-refractivity contribution in [3.8, 4) is 0 Å². The number of unbranched alkanes of at least 4 members (excludes halogenated alkanes) is 4. The number of carbonyl (C=O) groups is 2. The van der Waals surface area contributed by atoms with Crippen molar-refractivity contribution in [2.75, 3.05) is 0 Å². The van der Waals surface area contributed by atoms with Crippen molar-refractivity contribution < 1.29 is 15.7 Å². The van der Waals surface area contributed by atoms with Crippen LogP contribution in [0.15, 0.2) is 0 Å². The topological polar surface area (TPSA) is 52.6 Å². The van der Waals surface area contributed by atoms with Crippen LogP contribution in [0.25, 0.3) is 0 Å². The molecule has 0 aromatic rings. The van der Waals surface area contributed by atoms with Crippen LogP contribution in [0.3, 0.4) is 0 Å². The van der Waals surface area contributed by atoms with E-state index in [0.717, 1.165) is 77.0 Å². The van der Waals surface area contributed by atoms with Crippen molar-refractivity contribution in [1.82, 2.24) is 0 Å². The molecule has 0 N–H and O–H groups in total. The Kier molecular flexibility index (Phi) is 17.9. The first-order valence-electron chi connectivity index (χ1n) is 13.6. The molecular weight excluding hydrogens is 519 g/mol. The maximum atomic E-state index is 12.7. The molecule has 0 heterocycles. The molecule has 33 heavy (non-hydrogen) atoms. The molecule has 0 bridgehead atoms. The number of hydrogen-bond acceptors (Lipinski definition) is 4. The van der Waals surface area contributed by atoms with E-state index < -0.39 is 22.0 Å². The Hall–Kier alpha value is -0.261. The van der Waals surface area contributed by atoms with Crippen LogP contribution in [0.1, 0.15) is 145 Å². The van der Waals surface area contributed by atoms with Gasteiger partial charge in [-0.25, -0.2) is 0 Å². The predicted octanol–water partition coefficient (Wildman–Crippen LogP) is 8.43. The number of hydrogen-bond donors (Lipinski definition) is 0. The van der Waals surface area contributed by atoms with E-state index in [4.69, 9.17) is 6.15 Å². The van der Waals surface area contributed by atoms with E-state index in [1.54, 1.807) is 0 Å². The normalized spacial score (nSPS) is 14.1. The molecule has 0 aliphatic heterocycles. The van der Waals surface area contributed by atoms with Crippen LogP contribution >= 0.6 is 0 Å². The molecule has 2 atom stereocenters. The minimum absolute atomic E-state index is 0.0437. The fraction of sp³-hybridized carbons (Fsp3) is 0.929. The quantitative estimate of drug-likeness (QED) is 0.122. The van der Waals surface area contributed by atoms with E-state index in [0.29, 0.717) is 10.8 Å². The van der Waals surface area contributed by atoms with Crippen molar-refractivity contribution in [1.29, 1.82) is 0 Å². The molecule has 5 heteroatoms. The summed E-state index contributed by atoms with van der Waals surface area (Å²) in [6, 6.07) is 0. The summed E-state index contributed by atoms with van der Waals surface area (Å²) < 4.78 is 11.2. The molecule has 0 saturated heterocycles. The Morgan fingerprint density at radius 1 is 0.606 bits per heavy atom. The summed E-state index contributed by atoms with van der Waals surface area (Å²) in [5.41, 5.74) is 0.673. The third-order valence-corrected chi connectivity index (χ3v) is 7.85. The summed E-state index contributed by atoms with van der Waals surface area (Å²) in [4.78, 5) is 25.4. The van der Waals surface area contributed by atoms with Crippen LogP contribution < -0.4 is 0 Å². The van der Waals surface area contributed by atoms with E-state index >= 15 is 0 Å². The Bertz CT molecular complexity index is 473. The standard InChI is InChI=1S/2C14H28O2.Sn/c2*1-5-6-9-12(13(15)16)10-7-8-11-14(2,3)4;/h2*12H,5-11H2,1-4H3,(H,15,16);/q;;+2/p-2. The van der Waals surface area contributed by atoms with E-state index in [2.05, 4.69) is 55.4 Å². The summed E-state index contributed by atoms with van der Waals surface area (Å²) >= 11 is -1.92. The second kappa shape index (κ2) is 18.1. The van der Waals surface area contributed by atoms with E-state index in [-0.39, 0.29) is 23.8 Å². The van der Waals surface area contributed by atoms with Crippen molar-refractivity contribution in [3.63, 3.8) is 0 Å². The maximum absolute atomic E-state index is 12.7. The van der Waals surface area contributed by atoms with E-state index in [1.165, 1.54) is 12.8 Å². The van der Waals surface area contributed by atoms with Crippen LogP contribution in [0, 0.1) is 22.7 Å². The molecule has 0 rings (SSSR count). The Morgan fingerprint density at radius 2 is 0.939 bits per heavy atom. The van der Waals surface area contributed by atoms with Gasteiger partial charge < -0.3 is 0 Å². The molecule has 0 aromatic heterocycles. The van der Waals surface area contributed by atoms with E-state index in [9.17, 15) is 9.59 Å². The van der Waals surface area contributed by atoms with Crippen LogP contribution in [-0.2, 0) is 15.7 Å². The van der Waals surface area contributed by atoms with Crippen LogP contribution in [-0.4, -0.2) is 33.9 Å². The van der Waals surface area contributed by atoms with Crippen molar-refractivity contribution in [2.24, 2.45) is 22.7 Å². The minimum atomic E-state index is -1.92. The molecule has 0 saturated carbocycles. The van der Waals surface area contributed by atoms with Gasteiger partial charge in [-0.3, -0.25) is 0 Å². The zero-order valence-electron chi connectivity index (χ0n) is 23.2. The SMILES string of the molecule is CCCCC(CCCCC(C)(C)C)C(=O)[O][Sn][O]C(=O)C(CCCC)CCCCC(C)(C)C. The zero-order chi connectivity index (χ0) is 25.3. The monoisotopic (exact) mass is 574 g/mol. The Labute approximate surface area is 217 Å². The van der Waals surface area contributed by atoms with Gasteiger partial charge in [-0.2, -0.15) is 0 Å². The number of carbonyl (C=O) groups excluding carboxylic acids is 2. The second-order valence-electron chi connectivity index (χ2n) is 12.2. The van der Waals surface area contributed by atoms with Gasteiger partial charge in [0.2, 0.25) is 0 Å². The van der Waals surface area contributed by atoms with Gasteiger partial charge in [-0.05, 0) is 0 Å². The van der Waals surface area contributed by atoms with Gasteiger partial charge in [-0.15, -0.1) is 0 Å². The fourth-order valence-electron chi connectivity index (χ4n) is 4.02. The van der Waals surface area contributed by atoms with E-state index in [1.807, 2.05) is 0 Å². The van der Waals surface area contributed by atoms with Crippen molar-refractivity contribution >= 4 is 33.9 Å².